The van der Waals surface area contributed by atoms with Gasteiger partial charge in [-0.15, -0.1) is 0 Å². The number of hydrogen-bond donors (Lipinski definition) is 0. The zero-order valence-corrected chi connectivity index (χ0v) is 33.7. The molecule has 1 aliphatic carbocycles. The molecule has 0 radical (unpaired) electrons. The second kappa shape index (κ2) is 14.5. The second-order valence-corrected chi connectivity index (χ2v) is 16.0. The summed E-state index contributed by atoms with van der Waals surface area (Å²) < 4.78 is 6.38. The lowest BCUT2D eigenvalue weighted by Gasteiger charge is -2.34. The van der Waals surface area contributed by atoms with Gasteiger partial charge in [-0.1, -0.05) is 218 Å². The highest BCUT2D eigenvalue weighted by Gasteiger charge is 2.46. The number of nitrogens with zero attached hydrogens (tertiary/aromatic N) is 2. The zero-order valence-electron chi connectivity index (χ0n) is 33.7. The van der Waals surface area contributed by atoms with E-state index in [1.165, 1.54) is 38.9 Å². The van der Waals surface area contributed by atoms with Gasteiger partial charge in [-0.3, -0.25) is 0 Å². The van der Waals surface area contributed by atoms with Crippen molar-refractivity contribution in [1.29, 1.82) is 0 Å². The Morgan fingerprint density at radius 3 is 1.53 bits per heavy atom. The van der Waals surface area contributed by atoms with Crippen LogP contribution in [-0.4, -0.2) is 9.97 Å². The summed E-state index contributed by atoms with van der Waals surface area (Å²) in [6, 6.07) is 82.2. The van der Waals surface area contributed by atoms with Gasteiger partial charge in [0, 0.05) is 33.0 Å². The molecule has 0 saturated carbocycles. The van der Waals surface area contributed by atoms with Gasteiger partial charge in [-0.05, 0) is 62.2 Å². The van der Waals surface area contributed by atoms with Crippen molar-refractivity contribution in [3.8, 4) is 67.3 Å². The van der Waals surface area contributed by atoms with Gasteiger partial charge < -0.3 is 4.42 Å². The zero-order chi connectivity index (χ0) is 41.0. The molecule has 0 atom stereocenters. The molecule has 12 rings (SSSR count). The number of benzene rings is 9. The van der Waals surface area contributed by atoms with Gasteiger partial charge in [0.05, 0.1) is 16.8 Å². The fraction of sp³-hybridized carbons (Fsp3) is 0.0169. The standard InChI is InChI=1S/C59H38N2O/c1-4-16-41(17-5-1)53-38-54(61-58(60-53)43-36-32-40(33-37-43)47-25-14-26-49-48-22-11-13-29-55(48)62-57(47)49)42-34-30-39(31-35-42)46-24-15-28-52-56(46)50-23-10-12-27-51(50)59(52,44-18-6-2-7-19-44)45-20-8-3-9-21-45/h1-38H. The van der Waals surface area contributed by atoms with Gasteiger partial charge >= 0.3 is 0 Å². The first-order valence-electron chi connectivity index (χ1n) is 21.1. The summed E-state index contributed by atoms with van der Waals surface area (Å²) in [6.07, 6.45) is 0. The third-order valence-corrected chi connectivity index (χ3v) is 12.6. The summed E-state index contributed by atoms with van der Waals surface area (Å²) in [5.41, 5.74) is 18.3. The minimum atomic E-state index is -0.450. The van der Waals surface area contributed by atoms with E-state index in [9.17, 15) is 0 Å². The van der Waals surface area contributed by atoms with Crippen molar-refractivity contribution in [1.82, 2.24) is 9.97 Å². The largest absolute Gasteiger partial charge is 0.455 e. The lowest BCUT2D eigenvalue weighted by Crippen LogP contribution is -2.28. The predicted molar refractivity (Wildman–Crippen MR) is 254 cm³/mol. The van der Waals surface area contributed by atoms with E-state index < -0.39 is 5.41 Å². The molecule has 0 fully saturated rings. The average Bonchev–Trinajstić information content (AvgIpc) is 3.89. The van der Waals surface area contributed by atoms with Crippen LogP contribution >= 0.6 is 0 Å². The van der Waals surface area contributed by atoms with Crippen molar-refractivity contribution in [3.05, 3.63) is 253 Å². The Hall–Kier alpha value is -8.14. The molecule has 0 aliphatic heterocycles. The first kappa shape index (κ1) is 35.8. The lowest BCUT2D eigenvalue weighted by molar-refractivity contribution is 0.670. The monoisotopic (exact) mass is 790 g/mol. The van der Waals surface area contributed by atoms with E-state index in [0.717, 1.165) is 66.7 Å². The van der Waals surface area contributed by atoms with Gasteiger partial charge in [0.2, 0.25) is 0 Å². The summed E-state index contributed by atoms with van der Waals surface area (Å²) in [4.78, 5) is 10.4. The van der Waals surface area contributed by atoms with E-state index in [0.29, 0.717) is 5.82 Å². The first-order chi connectivity index (χ1) is 30.7. The van der Waals surface area contributed by atoms with E-state index in [1.807, 2.05) is 18.2 Å². The van der Waals surface area contributed by atoms with Crippen LogP contribution < -0.4 is 0 Å². The summed E-state index contributed by atoms with van der Waals surface area (Å²) in [5, 5.41) is 2.24. The number of hydrogen-bond acceptors (Lipinski definition) is 3. The minimum absolute atomic E-state index is 0.450. The molecular formula is C59H38N2O. The van der Waals surface area contributed by atoms with Crippen molar-refractivity contribution in [3.63, 3.8) is 0 Å². The number of rotatable bonds is 7. The Kier molecular flexibility index (Phi) is 8.39. The molecule has 0 bridgehead atoms. The van der Waals surface area contributed by atoms with E-state index in [4.69, 9.17) is 14.4 Å². The first-order valence-corrected chi connectivity index (χ1v) is 21.1. The minimum Gasteiger partial charge on any atom is -0.455 e. The van der Waals surface area contributed by atoms with Gasteiger partial charge in [0.25, 0.3) is 0 Å². The van der Waals surface area contributed by atoms with Gasteiger partial charge in [0.1, 0.15) is 11.2 Å². The van der Waals surface area contributed by atoms with Gasteiger partial charge in [0.15, 0.2) is 5.82 Å². The van der Waals surface area contributed by atoms with E-state index >= 15 is 0 Å². The van der Waals surface area contributed by atoms with Crippen molar-refractivity contribution >= 4 is 21.9 Å². The van der Waals surface area contributed by atoms with E-state index in [1.54, 1.807) is 0 Å². The smallest absolute Gasteiger partial charge is 0.160 e. The van der Waals surface area contributed by atoms with Crippen LogP contribution in [0.15, 0.2) is 235 Å². The third kappa shape index (κ3) is 5.67. The maximum atomic E-state index is 6.38. The molecule has 0 unspecified atom stereocenters. The van der Waals surface area contributed by atoms with Gasteiger partial charge in [-0.25, -0.2) is 9.97 Å². The van der Waals surface area contributed by atoms with Crippen molar-refractivity contribution in [2.75, 3.05) is 0 Å². The summed E-state index contributed by atoms with van der Waals surface area (Å²) in [6.45, 7) is 0. The molecule has 3 heteroatoms. The van der Waals surface area contributed by atoms with Crippen LogP contribution in [0.25, 0.3) is 89.2 Å². The highest BCUT2D eigenvalue weighted by atomic mass is 16.3. The molecule has 9 aromatic carbocycles. The molecule has 2 aromatic heterocycles. The SMILES string of the molecule is c1ccc(-c2cc(-c3ccc(-c4cccc5c4-c4ccccc4C5(c4ccccc4)c4ccccc4)cc3)nc(-c3ccc(-c4cccc5c4oc4ccccc45)cc3)n2)cc1. The van der Waals surface area contributed by atoms with Crippen LogP contribution in [0.4, 0.5) is 0 Å². The van der Waals surface area contributed by atoms with Crippen molar-refractivity contribution in [2.24, 2.45) is 0 Å². The number of para-hydroxylation sites is 2. The molecule has 62 heavy (non-hydrogen) atoms. The van der Waals surface area contributed by atoms with Crippen LogP contribution in [0, 0.1) is 0 Å². The summed E-state index contributed by atoms with van der Waals surface area (Å²) >= 11 is 0. The average molecular weight is 791 g/mol. The molecule has 11 aromatic rings. The number of aromatic nitrogens is 2. The Morgan fingerprint density at radius 2 is 0.823 bits per heavy atom. The number of fused-ring (bicyclic) bond motifs is 6. The molecule has 0 amide bonds. The highest BCUT2D eigenvalue weighted by molar-refractivity contribution is 6.09. The topological polar surface area (TPSA) is 38.9 Å². The van der Waals surface area contributed by atoms with Crippen LogP contribution in [0.3, 0.4) is 0 Å². The Morgan fingerprint density at radius 1 is 0.339 bits per heavy atom. The lowest BCUT2D eigenvalue weighted by atomic mass is 9.67. The van der Waals surface area contributed by atoms with Crippen LogP contribution in [0.2, 0.25) is 0 Å². The van der Waals surface area contributed by atoms with Gasteiger partial charge in [-0.2, -0.15) is 0 Å². The van der Waals surface area contributed by atoms with Crippen LogP contribution in [0.5, 0.6) is 0 Å². The molecule has 0 N–H and O–H groups in total. The molecule has 0 saturated heterocycles. The fourth-order valence-corrected chi connectivity index (χ4v) is 9.81. The van der Waals surface area contributed by atoms with Crippen LogP contribution in [0.1, 0.15) is 22.3 Å². The molecule has 1 aliphatic rings. The molecule has 0 spiro atoms. The molecule has 3 nitrogen and oxygen atoms in total. The maximum absolute atomic E-state index is 6.38. The Balaban J connectivity index is 0.950. The van der Waals surface area contributed by atoms with Crippen LogP contribution in [-0.2, 0) is 5.41 Å². The molecule has 290 valence electrons. The predicted octanol–water partition coefficient (Wildman–Crippen LogP) is 15.1. The second-order valence-electron chi connectivity index (χ2n) is 16.0. The highest BCUT2D eigenvalue weighted by Crippen LogP contribution is 2.58. The van der Waals surface area contributed by atoms with E-state index in [-0.39, 0.29) is 0 Å². The Labute approximate surface area is 360 Å². The summed E-state index contributed by atoms with van der Waals surface area (Å²) in [5.74, 6) is 0.676. The summed E-state index contributed by atoms with van der Waals surface area (Å²) in [7, 11) is 0. The molecule has 2 heterocycles. The third-order valence-electron chi connectivity index (χ3n) is 12.6. The molecular weight excluding hydrogens is 753 g/mol. The quantitative estimate of drug-likeness (QED) is 0.161. The number of furan rings is 1. The maximum Gasteiger partial charge on any atom is 0.160 e. The fourth-order valence-electron chi connectivity index (χ4n) is 9.81. The van der Waals surface area contributed by atoms with Crippen molar-refractivity contribution in [2.45, 2.75) is 5.41 Å². The van der Waals surface area contributed by atoms with Crippen molar-refractivity contribution < 1.29 is 4.42 Å². The van der Waals surface area contributed by atoms with E-state index in [2.05, 4.69) is 212 Å². The Bertz CT molecular complexity index is 3390. The normalized spacial score (nSPS) is 12.6.